The number of hydrogen-bond donors (Lipinski definition) is 3. The number of carboxylic acid groups (broad SMARTS) is 1. The summed E-state index contributed by atoms with van der Waals surface area (Å²) in [6, 6.07) is 13.2. The van der Waals surface area contributed by atoms with Gasteiger partial charge in [0, 0.05) is 17.8 Å². The van der Waals surface area contributed by atoms with Crippen LogP contribution in [0.1, 0.15) is 39.0 Å². The molecular formula is C22H23N5O4S. The zero-order valence-corrected chi connectivity index (χ0v) is 18.5. The number of anilines is 1. The first kappa shape index (κ1) is 23.0. The molecule has 2 aromatic carbocycles. The van der Waals surface area contributed by atoms with Gasteiger partial charge in [0.25, 0.3) is 5.91 Å². The molecule has 166 valence electrons. The monoisotopic (exact) mass is 453 g/mol. The fourth-order valence-electron chi connectivity index (χ4n) is 2.86. The van der Waals surface area contributed by atoms with Crippen LogP contribution in [0.25, 0.3) is 0 Å². The number of aromatic carboxylic acids is 1. The molecule has 10 heteroatoms. The van der Waals surface area contributed by atoms with E-state index in [0.29, 0.717) is 28.8 Å². The maximum Gasteiger partial charge on any atom is 0.335 e. The third kappa shape index (κ3) is 5.94. The Morgan fingerprint density at radius 2 is 1.66 bits per heavy atom. The molecule has 1 heterocycles. The highest BCUT2D eigenvalue weighted by molar-refractivity contribution is 7.99. The van der Waals surface area contributed by atoms with Gasteiger partial charge in [-0.15, -0.1) is 10.2 Å². The van der Waals surface area contributed by atoms with Crippen LogP contribution in [0.2, 0.25) is 0 Å². The maximum absolute atomic E-state index is 12.3. The van der Waals surface area contributed by atoms with Crippen molar-refractivity contribution in [3.63, 3.8) is 0 Å². The fourth-order valence-corrected chi connectivity index (χ4v) is 3.69. The summed E-state index contributed by atoms with van der Waals surface area (Å²) in [5, 5.41) is 23.3. The number of thioether (sulfide) groups is 1. The summed E-state index contributed by atoms with van der Waals surface area (Å²) in [4.78, 5) is 35.5. The largest absolute Gasteiger partial charge is 0.478 e. The molecule has 0 spiro atoms. The van der Waals surface area contributed by atoms with E-state index in [0.717, 1.165) is 5.56 Å². The lowest BCUT2D eigenvalue weighted by molar-refractivity contribution is -0.113. The summed E-state index contributed by atoms with van der Waals surface area (Å²) in [5.41, 5.74) is 2.31. The average molecular weight is 454 g/mol. The minimum absolute atomic E-state index is 0.106. The summed E-state index contributed by atoms with van der Waals surface area (Å²) in [6.45, 7) is 4.70. The third-order valence-electron chi connectivity index (χ3n) is 4.58. The number of aryl methyl sites for hydroxylation is 1. The van der Waals surface area contributed by atoms with Crippen LogP contribution in [0, 0.1) is 6.92 Å². The molecule has 0 radical (unpaired) electrons. The second-order valence-electron chi connectivity index (χ2n) is 6.91. The SMILES string of the molecule is CCn1c(CNC(=O)c2ccc(C)cc2)nnc1SCC(=O)Nc1ccc(C(=O)O)cc1. The molecule has 3 aromatic rings. The van der Waals surface area contributed by atoms with Crippen molar-refractivity contribution in [1.29, 1.82) is 0 Å². The second-order valence-corrected chi connectivity index (χ2v) is 7.85. The Morgan fingerprint density at radius 1 is 1.00 bits per heavy atom. The van der Waals surface area contributed by atoms with E-state index in [1.54, 1.807) is 12.1 Å². The zero-order valence-electron chi connectivity index (χ0n) is 17.7. The van der Waals surface area contributed by atoms with Gasteiger partial charge < -0.3 is 20.3 Å². The molecule has 32 heavy (non-hydrogen) atoms. The highest BCUT2D eigenvalue weighted by Crippen LogP contribution is 2.18. The lowest BCUT2D eigenvalue weighted by atomic mass is 10.1. The molecule has 1 aromatic heterocycles. The number of carboxylic acids is 1. The molecule has 0 aliphatic carbocycles. The van der Waals surface area contributed by atoms with Crippen molar-refractivity contribution in [2.45, 2.75) is 32.1 Å². The number of hydrogen-bond acceptors (Lipinski definition) is 6. The van der Waals surface area contributed by atoms with Crippen LogP contribution in [-0.4, -0.2) is 43.4 Å². The standard InChI is InChI=1S/C22H23N5O4S/c1-3-27-18(12-23-20(29)15-6-4-14(2)5-7-15)25-26-22(27)32-13-19(28)24-17-10-8-16(9-11-17)21(30)31/h4-11H,3,12-13H2,1-2H3,(H,23,29)(H,24,28)(H,30,31). The molecule has 3 N–H and O–H groups in total. The number of nitrogens with one attached hydrogen (secondary N) is 2. The van der Waals surface area contributed by atoms with Crippen molar-refractivity contribution in [2.24, 2.45) is 0 Å². The topological polar surface area (TPSA) is 126 Å². The van der Waals surface area contributed by atoms with E-state index in [1.165, 1.54) is 36.0 Å². The lowest BCUT2D eigenvalue weighted by Gasteiger charge is -2.09. The van der Waals surface area contributed by atoms with E-state index in [9.17, 15) is 14.4 Å². The van der Waals surface area contributed by atoms with Gasteiger partial charge in [-0.1, -0.05) is 29.5 Å². The molecule has 0 fully saturated rings. The molecular weight excluding hydrogens is 430 g/mol. The van der Waals surface area contributed by atoms with Crippen LogP contribution in [0.4, 0.5) is 5.69 Å². The van der Waals surface area contributed by atoms with Crippen LogP contribution in [-0.2, 0) is 17.9 Å². The van der Waals surface area contributed by atoms with Gasteiger partial charge in [-0.25, -0.2) is 4.79 Å². The van der Waals surface area contributed by atoms with Gasteiger partial charge >= 0.3 is 5.97 Å². The average Bonchev–Trinajstić information content (AvgIpc) is 3.18. The fraction of sp³-hybridized carbons (Fsp3) is 0.227. The number of carbonyl (C=O) groups excluding carboxylic acids is 2. The Kier molecular flexibility index (Phi) is 7.61. The first-order valence-electron chi connectivity index (χ1n) is 9.90. The molecule has 0 bridgehead atoms. The first-order chi connectivity index (χ1) is 15.4. The van der Waals surface area contributed by atoms with Gasteiger partial charge in [0.05, 0.1) is 17.9 Å². The van der Waals surface area contributed by atoms with Crippen molar-refractivity contribution in [3.05, 3.63) is 71.0 Å². The molecule has 0 saturated carbocycles. The number of carbonyl (C=O) groups is 3. The van der Waals surface area contributed by atoms with Crippen LogP contribution >= 0.6 is 11.8 Å². The Labute approximate surface area is 189 Å². The van der Waals surface area contributed by atoms with Crippen molar-refractivity contribution in [1.82, 2.24) is 20.1 Å². The van der Waals surface area contributed by atoms with Gasteiger partial charge in [-0.05, 0) is 50.2 Å². The molecule has 0 saturated heterocycles. The van der Waals surface area contributed by atoms with Crippen molar-refractivity contribution in [2.75, 3.05) is 11.1 Å². The van der Waals surface area contributed by atoms with Crippen molar-refractivity contribution >= 4 is 35.2 Å². The normalized spacial score (nSPS) is 10.6. The smallest absolute Gasteiger partial charge is 0.335 e. The molecule has 2 amide bonds. The predicted molar refractivity (Wildman–Crippen MR) is 121 cm³/mol. The number of benzene rings is 2. The second kappa shape index (κ2) is 10.6. The highest BCUT2D eigenvalue weighted by atomic mass is 32.2. The predicted octanol–water partition coefficient (Wildman–Crippen LogP) is 2.97. The number of rotatable bonds is 9. The maximum atomic E-state index is 12.3. The summed E-state index contributed by atoms with van der Waals surface area (Å²) < 4.78 is 1.84. The zero-order chi connectivity index (χ0) is 23.1. The van der Waals surface area contributed by atoms with Crippen LogP contribution in [0.5, 0.6) is 0 Å². The van der Waals surface area contributed by atoms with Crippen molar-refractivity contribution in [3.8, 4) is 0 Å². The number of aromatic nitrogens is 3. The Hall–Kier alpha value is -3.66. The summed E-state index contributed by atoms with van der Waals surface area (Å²) in [6.07, 6.45) is 0. The van der Waals surface area contributed by atoms with Gasteiger partial charge in [0.2, 0.25) is 5.91 Å². The number of amides is 2. The Balaban J connectivity index is 1.54. The molecule has 0 aliphatic rings. The van der Waals surface area contributed by atoms with E-state index < -0.39 is 5.97 Å². The van der Waals surface area contributed by atoms with E-state index in [4.69, 9.17) is 5.11 Å². The Morgan fingerprint density at radius 3 is 2.28 bits per heavy atom. The lowest BCUT2D eigenvalue weighted by Crippen LogP contribution is -2.24. The van der Waals surface area contributed by atoms with Gasteiger partial charge in [0.15, 0.2) is 11.0 Å². The quantitative estimate of drug-likeness (QED) is 0.425. The molecule has 0 unspecified atom stereocenters. The molecule has 9 nitrogen and oxygen atoms in total. The molecule has 0 aliphatic heterocycles. The van der Waals surface area contributed by atoms with E-state index in [1.807, 2.05) is 30.5 Å². The van der Waals surface area contributed by atoms with E-state index >= 15 is 0 Å². The number of nitrogens with zero attached hydrogens (tertiary/aromatic N) is 3. The highest BCUT2D eigenvalue weighted by Gasteiger charge is 2.15. The Bertz CT molecular complexity index is 1110. The van der Waals surface area contributed by atoms with Crippen LogP contribution in [0.3, 0.4) is 0 Å². The van der Waals surface area contributed by atoms with Gasteiger partial charge in [-0.3, -0.25) is 9.59 Å². The summed E-state index contributed by atoms with van der Waals surface area (Å²) in [7, 11) is 0. The van der Waals surface area contributed by atoms with E-state index in [2.05, 4.69) is 20.8 Å². The van der Waals surface area contributed by atoms with Gasteiger partial charge in [-0.2, -0.15) is 0 Å². The third-order valence-corrected chi connectivity index (χ3v) is 5.55. The minimum Gasteiger partial charge on any atom is -0.478 e. The summed E-state index contributed by atoms with van der Waals surface area (Å²) in [5.74, 6) is -0.770. The van der Waals surface area contributed by atoms with Crippen LogP contribution < -0.4 is 10.6 Å². The minimum atomic E-state index is -1.02. The molecule has 3 rings (SSSR count). The van der Waals surface area contributed by atoms with E-state index in [-0.39, 0.29) is 29.7 Å². The van der Waals surface area contributed by atoms with Crippen LogP contribution in [0.15, 0.2) is 53.7 Å². The molecule has 0 atom stereocenters. The summed E-state index contributed by atoms with van der Waals surface area (Å²) >= 11 is 1.23. The van der Waals surface area contributed by atoms with Gasteiger partial charge in [0.1, 0.15) is 0 Å². The van der Waals surface area contributed by atoms with Crippen molar-refractivity contribution < 1.29 is 19.5 Å². The first-order valence-corrected chi connectivity index (χ1v) is 10.9.